The fourth-order valence-corrected chi connectivity index (χ4v) is 6.59. The van der Waals surface area contributed by atoms with Crippen molar-refractivity contribution in [2.24, 2.45) is 11.0 Å². The first-order valence-corrected chi connectivity index (χ1v) is 15.4. The number of allylic oxidation sites excluding steroid dienone is 1. The monoisotopic (exact) mass is 592 g/mol. The summed E-state index contributed by atoms with van der Waals surface area (Å²) in [5, 5.41) is 18.3. The lowest BCUT2D eigenvalue weighted by molar-refractivity contribution is -0.384. The van der Waals surface area contributed by atoms with E-state index >= 15 is 0 Å². The molecule has 0 N–H and O–H groups in total. The van der Waals surface area contributed by atoms with E-state index in [2.05, 4.69) is 6.08 Å². The molecule has 3 aromatic carbocycles. The van der Waals surface area contributed by atoms with Crippen molar-refractivity contribution < 1.29 is 19.2 Å². The maximum absolute atomic E-state index is 13.6. The van der Waals surface area contributed by atoms with E-state index in [-0.39, 0.29) is 23.2 Å². The highest BCUT2D eigenvalue weighted by molar-refractivity contribution is 6.08. The number of ether oxygens (including phenoxy) is 1. The van der Waals surface area contributed by atoms with Crippen molar-refractivity contribution in [2.45, 2.75) is 51.0 Å². The van der Waals surface area contributed by atoms with Gasteiger partial charge in [0.15, 0.2) is 6.61 Å². The predicted octanol–water partition coefficient (Wildman–Crippen LogP) is 6.96. The van der Waals surface area contributed by atoms with Crippen LogP contribution in [0.15, 0.2) is 89.5 Å². The van der Waals surface area contributed by atoms with Gasteiger partial charge < -0.3 is 9.64 Å². The molecular formula is C35H36N4O5. The number of amides is 1. The van der Waals surface area contributed by atoms with E-state index in [1.165, 1.54) is 17.1 Å². The third-order valence-electron chi connectivity index (χ3n) is 8.72. The standard InChI is InChI=1S/C35H36N4O5/c40-32(24-44-35(41)28-18-19-30(31(23-28)39(42)43)37-20-9-1-2-10-21-37)38-34(26-14-7-4-8-15-26)29-17-11-16-27(33(29)36-38)22-25-12-5-3-6-13-25/h3-8,12-15,18-19,22-23,29,34H,1-2,9-11,16-17,20-21,24H2. The maximum atomic E-state index is 13.6. The predicted molar refractivity (Wildman–Crippen MR) is 169 cm³/mol. The van der Waals surface area contributed by atoms with Crippen LogP contribution < -0.4 is 4.90 Å². The summed E-state index contributed by atoms with van der Waals surface area (Å²) >= 11 is 0. The minimum absolute atomic E-state index is 0.0231. The molecule has 1 amide bonds. The molecule has 2 aliphatic heterocycles. The van der Waals surface area contributed by atoms with E-state index in [0.717, 1.165) is 80.4 Å². The van der Waals surface area contributed by atoms with Crippen LogP contribution in [0.4, 0.5) is 11.4 Å². The van der Waals surface area contributed by atoms with E-state index in [1.807, 2.05) is 65.6 Å². The van der Waals surface area contributed by atoms with Crippen molar-refractivity contribution in [1.29, 1.82) is 0 Å². The highest BCUT2D eigenvalue weighted by atomic mass is 16.6. The number of esters is 1. The Morgan fingerprint density at radius 2 is 1.64 bits per heavy atom. The van der Waals surface area contributed by atoms with Gasteiger partial charge in [0.1, 0.15) is 5.69 Å². The van der Waals surface area contributed by atoms with E-state index < -0.39 is 23.4 Å². The normalized spacial score (nSPS) is 20.9. The van der Waals surface area contributed by atoms with Gasteiger partial charge in [-0.3, -0.25) is 14.9 Å². The molecule has 0 spiro atoms. The van der Waals surface area contributed by atoms with E-state index in [1.54, 1.807) is 6.07 Å². The number of nitro benzene ring substituents is 1. The average Bonchev–Trinajstić information content (AvgIpc) is 3.24. The third kappa shape index (κ3) is 6.27. The summed E-state index contributed by atoms with van der Waals surface area (Å²) in [6.45, 7) is 0.956. The molecule has 3 aromatic rings. The van der Waals surface area contributed by atoms with Gasteiger partial charge in [-0.05, 0) is 67.0 Å². The topological polar surface area (TPSA) is 105 Å². The van der Waals surface area contributed by atoms with Crippen molar-refractivity contribution in [1.82, 2.24) is 5.01 Å². The molecule has 2 atom stereocenters. The third-order valence-corrected chi connectivity index (χ3v) is 8.72. The molecule has 0 radical (unpaired) electrons. The lowest BCUT2D eigenvalue weighted by Crippen LogP contribution is -2.34. The smallest absolute Gasteiger partial charge is 0.338 e. The molecular weight excluding hydrogens is 556 g/mol. The van der Waals surface area contributed by atoms with Gasteiger partial charge >= 0.3 is 5.97 Å². The molecule has 6 rings (SSSR count). The van der Waals surface area contributed by atoms with Crippen LogP contribution >= 0.6 is 0 Å². The van der Waals surface area contributed by atoms with Gasteiger partial charge in [0.05, 0.1) is 22.2 Å². The second-order valence-electron chi connectivity index (χ2n) is 11.6. The van der Waals surface area contributed by atoms with Gasteiger partial charge in [-0.25, -0.2) is 9.80 Å². The van der Waals surface area contributed by atoms with Crippen LogP contribution in [-0.2, 0) is 9.53 Å². The molecule has 2 heterocycles. The largest absolute Gasteiger partial charge is 0.452 e. The number of hydrazone groups is 1. The first-order chi connectivity index (χ1) is 21.5. The summed E-state index contributed by atoms with van der Waals surface area (Å²) in [7, 11) is 0. The lowest BCUT2D eigenvalue weighted by atomic mass is 9.77. The number of anilines is 1. The van der Waals surface area contributed by atoms with Crippen LogP contribution in [0.5, 0.6) is 0 Å². The van der Waals surface area contributed by atoms with Crippen molar-refractivity contribution in [3.05, 3.63) is 111 Å². The molecule has 1 saturated heterocycles. The van der Waals surface area contributed by atoms with Crippen LogP contribution in [0, 0.1) is 16.0 Å². The van der Waals surface area contributed by atoms with Gasteiger partial charge in [-0.15, -0.1) is 0 Å². The van der Waals surface area contributed by atoms with Crippen molar-refractivity contribution >= 4 is 35.0 Å². The number of nitrogens with zero attached hydrogens (tertiary/aromatic N) is 4. The summed E-state index contributed by atoms with van der Waals surface area (Å²) < 4.78 is 5.45. The van der Waals surface area contributed by atoms with Crippen LogP contribution in [0.2, 0.25) is 0 Å². The van der Waals surface area contributed by atoms with Gasteiger partial charge in [0, 0.05) is 25.1 Å². The Bertz CT molecular complexity index is 1580. The number of carbonyl (C=O) groups is 2. The minimum Gasteiger partial charge on any atom is -0.452 e. The second kappa shape index (κ2) is 13.2. The van der Waals surface area contributed by atoms with Crippen LogP contribution in [0.3, 0.4) is 0 Å². The maximum Gasteiger partial charge on any atom is 0.338 e. The van der Waals surface area contributed by atoms with Gasteiger partial charge in [0.2, 0.25) is 0 Å². The highest BCUT2D eigenvalue weighted by Gasteiger charge is 2.43. The quantitative estimate of drug-likeness (QED) is 0.167. The Hall–Kier alpha value is -4.79. The molecule has 9 nitrogen and oxygen atoms in total. The zero-order valence-corrected chi connectivity index (χ0v) is 24.6. The van der Waals surface area contributed by atoms with Gasteiger partial charge in [-0.2, -0.15) is 5.10 Å². The molecule has 9 heteroatoms. The Kier molecular flexibility index (Phi) is 8.81. The minimum atomic E-state index is -0.783. The lowest BCUT2D eigenvalue weighted by Gasteiger charge is -2.29. The first kappa shape index (κ1) is 29.3. The summed E-state index contributed by atoms with van der Waals surface area (Å²) in [5.74, 6) is -1.20. The van der Waals surface area contributed by atoms with Crippen LogP contribution in [0.1, 0.15) is 72.5 Å². The average molecular weight is 593 g/mol. The number of hydrogen-bond donors (Lipinski definition) is 0. The molecule has 2 unspecified atom stereocenters. The summed E-state index contributed by atoms with van der Waals surface area (Å²) in [6, 6.07) is 24.0. The van der Waals surface area contributed by atoms with Crippen LogP contribution in [-0.4, -0.2) is 47.2 Å². The molecule has 1 saturated carbocycles. The number of benzene rings is 3. The molecule has 226 valence electrons. The molecule has 3 aliphatic rings. The van der Waals surface area contributed by atoms with Crippen molar-refractivity contribution in [2.75, 3.05) is 24.6 Å². The Morgan fingerprint density at radius 3 is 2.34 bits per heavy atom. The zero-order valence-electron chi connectivity index (χ0n) is 24.6. The second-order valence-corrected chi connectivity index (χ2v) is 11.6. The SMILES string of the molecule is O=C(OCC(=O)N1N=C2C(=Cc3ccccc3)CCCC2C1c1ccccc1)c1ccc(N2CCCCCC2)c([N+](=O)[O-])c1. The number of hydrogen-bond acceptors (Lipinski definition) is 7. The first-order valence-electron chi connectivity index (χ1n) is 15.4. The van der Waals surface area contributed by atoms with Gasteiger partial charge in [0.25, 0.3) is 11.6 Å². The fraction of sp³-hybridized carbons (Fsp3) is 0.343. The number of carbonyl (C=O) groups excluding carboxylic acids is 2. The van der Waals surface area contributed by atoms with Crippen LogP contribution in [0.25, 0.3) is 6.08 Å². The molecule has 0 bridgehead atoms. The Balaban J connectivity index is 1.22. The number of nitro groups is 1. The summed E-state index contributed by atoms with van der Waals surface area (Å²) in [5.41, 5.74) is 4.46. The highest BCUT2D eigenvalue weighted by Crippen LogP contribution is 2.44. The van der Waals surface area contributed by atoms with Crippen molar-refractivity contribution in [3.8, 4) is 0 Å². The van der Waals surface area contributed by atoms with E-state index in [4.69, 9.17) is 9.84 Å². The fourth-order valence-electron chi connectivity index (χ4n) is 6.59. The molecule has 44 heavy (non-hydrogen) atoms. The summed E-state index contributed by atoms with van der Waals surface area (Å²) in [4.78, 5) is 40.2. The molecule has 2 fully saturated rings. The Morgan fingerprint density at radius 1 is 0.932 bits per heavy atom. The van der Waals surface area contributed by atoms with Gasteiger partial charge in [-0.1, -0.05) is 73.5 Å². The molecule has 0 aromatic heterocycles. The number of rotatable bonds is 7. The zero-order chi connectivity index (χ0) is 30.5. The van der Waals surface area contributed by atoms with E-state index in [9.17, 15) is 19.7 Å². The van der Waals surface area contributed by atoms with E-state index in [0.29, 0.717) is 5.69 Å². The number of fused-ring (bicyclic) bond motifs is 1. The molecule has 1 aliphatic carbocycles. The summed E-state index contributed by atoms with van der Waals surface area (Å²) in [6.07, 6.45) is 9.02. The van der Waals surface area contributed by atoms with Crippen molar-refractivity contribution in [3.63, 3.8) is 0 Å². The Labute approximate surface area is 257 Å².